The minimum atomic E-state index is -0.819. The van der Waals surface area contributed by atoms with E-state index in [0.29, 0.717) is 6.42 Å². The molecule has 1 aliphatic carbocycles. The van der Waals surface area contributed by atoms with Gasteiger partial charge in [-0.05, 0) is 23.5 Å². The van der Waals surface area contributed by atoms with Gasteiger partial charge in [0.2, 0.25) is 0 Å². The van der Waals surface area contributed by atoms with Gasteiger partial charge in [0.05, 0.1) is 23.2 Å². The molecule has 1 aliphatic rings. The molecule has 0 spiro atoms. The third-order valence-electron chi connectivity index (χ3n) is 4.32. The van der Waals surface area contributed by atoms with Gasteiger partial charge in [0.1, 0.15) is 5.78 Å². The fourth-order valence-electron chi connectivity index (χ4n) is 3.02. The van der Waals surface area contributed by atoms with Crippen LogP contribution >= 0.6 is 23.5 Å². The van der Waals surface area contributed by atoms with E-state index in [9.17, 15) is 19.8 Å². The van der Waals surface area contributed by atoms with E-state index < -0.39 is 18.2 Å². The van der Waals surface area contributed by atoms with Gasteiger partial charge in [-0.3, -0.25) is 9.59 Å². The highest BCUT2D eigenvalue weighted by Crippen LogP contribution is 2.34. The van der Waals surface area contributed by atoms with E-state index >= 15 is 0 Å². The van der Waals surface area contributed by atoms with Crippen LogP contribution in [0.25, 0.3) is 0 Å². The lowest BCUT2D eigenvalue weighted by Gasteiger charge is -2.17. The van der Waals surface area contributed by atoms with Crippen LogP contribution in [0.4, 0.5) is 0 Å². The van der Waals surface area contributed by atoms with Crippen LogP contribution in [-0.2, 0) is 16.0 Å². The molecule has 3 N–H and O–H groups in total. The summed E-state index contributed by atoms with van der Waals surface area (Å²) in [5, 5.41) is 28.7. The first-order valence-corrected chi connectivity index (χ1v) is 11.2. The van der Waals surface area contributed by atoms with Crippen molar-refractivity contribution in [1.29, 1.82) is 0 Å². The first-order valence-electron chi connectivity index (χ1n) is 8.99. The average molecular weight is 411 g/mol. The summed E-state index contributed by atoms with van der Waals surface area (Å²) in [6.07, 6.45) is 3.54. The second kappa shape index (κ2) is 11.5. The topological polar surface area (TPSA) is 94.8 Å². The number of rotatable bonds is 11. The first kappa shape index (κ1) is 22.0. The van der Waals surface area contributed by atoms with Gasteiger partial charge in [-0.2, -0.15) is 11.8 Å². The fraction of sp³-hybridized carbons (Fsp3) is 0.500. The number of ketones is 1. The normalized spacial score (nSPS) is 23.8. The van der Waals surface area contributed by atoms with Crippen molar-refractivity contribution < 1.29 is 24.9 Å². The molecule has 27 heavy (non-hydrogen) atoms. The van der Waals surface area contributed by atoms with Gasteiger partial charge in [-0.1, -0.05) is 42.5 Å². The number of carbonyl (C=O) groups is 2. The van der Waals surface area contributed by atoms with E-state index in [2.05, 4.69) is 0 Å². The highest BCUT2D eigenvalue weighted by Gasteiger charge is 2.40. The number of hydrogen-bond acceptors (Lipinski definition) is 6. The van der Waals surface area contributed by atoms with Gasteiger partial charge in [0, 0.05) is 18.8 Å². The van der Waals surface area contributed by atoms with Crippen molar-refractivity contribution in [3.05, 3.63) is 48.0 Å². The fourth-order valence-corrected chi connectivity index (χ4v) is 5.21. The maximum Gasteiger partial charge on any atom is 0.313 e. The maximum absolute atomic E-state index is 12.2. The molecular weight excluding hydrogens is 384 g/mol. The lowest BCUT2D eigenvalue weighted by atomic mass is 10.0. The number of aliphatic hydroxyl groups is 2. The predicted molar refractivity (Wildman–Crippen MR) is 110 cm³/mol. The second-order valence-electron chi connectivity index (χ2n) is 6.55. The molecule has 148 valence electrons. The number of benzene rings is 1. The van der Waals surface area contributed by atoms with Crippen LogP contribution in [0.2, 0.25) is 0 Å². The Balaban J connectivity index is 1.81. The summed E-state index contributed by atoms with van der Waals surface area (Å²) >= 11 is 2.88. The Morgan fingerprint density at radius 1 is 1.26 bits per heavy atom. The summed E-state index contributed by atoms with van der Waals surface area (Å²) in [4.78, 5) is 22.7. The molecule has 1 unspecified atom stereocenters. The van der Waals surface area contributed by atoms with Gasteiger partial charge >= 0.3 is 5.97 Å². The Hall–Kier alpha value is -1.28. The van der Waals surface area contributed by atoms with Crippen LogP contribution in [-0.4, -0.2) is 61.8 Å². The van der Waals surface area contributed by atoms with E-state index in [1.807, 2.05) is 30.3 Å². The van der Waals surface area contributed by atoms with Gasteiger partial charge in [-0.15, -0.1) is 11.8 Å². The van der Waals surface area contributed by atoms with Crippen molar-refractivity contribution in [2.45, 2.75) is 36.7 Å². The molecule has 0 aromatic heterocycles. The molecule has 0 aliphatic heterocycles. The average Bonchev–Trinajstić information content (AvgIpc) is 2.89. The Bertz CT molecular complexity index is 635. The zero-order valence-electron chi connectivity index (χ0n) is 15.1. The SMILES string of the molecule is O=C(O)CSCCCS[C@H]1C(=O)C[C@@H](O)[C@@H]1/C=C/C(O)Cc1ccccc1. The molecule has 1 aromatic rings. The molecule has 2 rings (SSSR count). The molecule has 1 aromatic carbocycles. The molecule has 4 atom stereocenters. The Labute approximate surface area is 168 Å². The Kier molecular flexibility index (Phi) is 9.41. The zero-order valence-corrected chi connectivity index (χ0v) is 16.7. The van der Waals surface area contributed by atoms with Crippen LogP contribution in [0, 0.1) is 5.92 Å². The Morgan fingerprint density at radius 2 is 2.00 bits per heavy atom. The molecule has 0 heterocycles. The Morgan fingerprint density at radius 3 is 2.70 bits per heavy atom. The highest BCUT2D eigenvalue weighted by atomic mass is 32.2. The molecule has 0 bridgehead atoms. The third-order valence-corrected chi connectivity index (χ3v) is 6.81. The van der Waals surface area contributed by atoms with Crippen LogP contribution in [0.15, 0.2) is 42.5 Å². The quantitative estimate of drug-likeness (QED) is 0.381. The molecule has 0 amide bonds. The highest BCUT2D eigenvalue weighted by molar-refractivity contribution is 8.01. The van der Waals surface area contributed by atoms with Crippen molar-refractivity contribution in [2.24, 2.45) is 5.92 Å². The van der Waals surface area contributed by atoms with Crippen LogP contribution in [0.5, 0.6) is 0 Å². The second-order valence-corrected chi connectivity index (χ2v) is 8.90. The van der Waals surface area contributed by atoms with Gasteiger partial charge in [-0.25, -0.2) is 0 Å². The lowest BCUT2D eigenvalue weighted by Crippen LogP contribution is -2.22. The standard InChI is InChI=1S/C20H26O5S2/c21-15(11-14-5-2-1-3-6-14)7-8-16-17(22)12-18(23)20(16)27-10-4-9-26-13-19(24)25/h1-3,5-8,15-17,20-22H,4,9-13H2,(H,24,25)/b8-7+/t15?,16-,17+,20+/m0/s1. The molecule has 1 fully saturated rings. The first-order chi connectivity index (χ1) is 13.0. The minimum Gasteiger partial charge on any atom is -0.481 e. The minimum absolute atomic E-state index is 0.0397. The number of aliphatic hydroxyl groups excluding tert-OH is 2. The third kappa shape index (κ3) is 7.70. The van der Waals surface area contributed by atoms with E-state index in [-0.39, 0.29) is 29.1 Å². The maximum atomic E-state index is 12.2. The van der Waals surface area contributed by atoms with E-state index in [0.717, 1.165) is 23.5 Å². The van der Waals surface area contributed by atoms with E-state index in [1.165, 1.54) is 23.5 Å². The van der Waals surface area contributed by atoms with E-state index in [4.69, 9.17) is 5.11 Å². The molecule has 0 saturated heterocycles. The summed E-state index contributed by atoms with van der Waals surface area (Å²) in [6, 6.07) is 9.67. The van der Waals surface area contributed by atoms with E-state index in [1.54, 1.807) is 12.2 Å². The van der Waals surface area contributed by atoms with Gasteiger partial charge in [0.15, 0.2) is 0 Å². The van der Waals surface area contributed by atoms with Crippen molar-refractivity contribution in [3.8, 4) is 0 Å². The molecule has 5 nitrogen and oxygen atoms in total. The predicted octanol–water partition coefficient (Wildman–Crippen LogP) is 2.41. The number of aliphatic carboxylic acids is 1. The number of thioether (sulfide) groups is 2. The van der Waals surface area contributed by atoms with Crippen molar-refractivity contribution in [3.63, 3.8) is 0 Å². The number of hydrogen-bond donors (Lipinski definition) is 3. The molecule has 7 heteroatoms. The lowest BCUT2D eigenvalue weighted by molar-refractivity contribution is -0.133. The molecular formula is C20H26O5S2. The molecule has 0 radical (unpaired) electrons. The zero-order chi connectivity index (χ0) is 19.6. The largest absolute Gasteiger partial charge is 0.481 e. The van der Waals surface area contributed by atoms with Crippen molar-refractivity contribution in [2.75, 3.05) is 17.3 Å². The van der Waals surface area contributed by atoms with Crippen LogP contribution in [0.1, 0.15) is 18.4 Å². The van der Waals surface area contributed by atoms with Crippen LogP contribution in [0.3, 0.4) is 0 Å². The number of carbonyl (C=O) groups excluding carboxylic acids is 1. The van der Waals surface area contributed by atoms with Gasteiger partial charge < -0.3 is 15.3 Å². The van der Waals surface area contributed by atoms with Gasteiger partial charge in [0.25, 0.3) is 0 Å². The summed E-state index contributed by atoms with van der Waals surface area (Å²) in [6.45, 7) is 0. The summed E-state index contributed by atoms with van der Waals surface area (Å²) in [5.41, 5.74) is 1.03. The summed E-state index contributed by atoms with van der Waals surface area (Å²) in [7, 11) is 0. The molecule has 1 saturated carbocycles. The number of Topliss-reactive ketones (excluding diaryl/α,β-unsaturated/α-hetero) is 1. The number of carboxylic acid groups (broad SMARTS) is 1. The summed E-state index contributed by atoms with van der Waals surface area (Å²) in [5.74, 6) is 0.501. The smallest absolute Gasteiger partial charge is 0.313 e. The number of carboxylic acids is 1. The summed E-state index contributed by atoms with van der Waals surface area (Å²) < 4.78 is 0. The van der Waals surface area contributed by atoms with Crippen LogP contribution < -0.4 is 0 Å². The monoisotopic (exact) mass is 410 g/mol. The van der Waals surface area contributed by atoms with Crippen molar-refractivity contribution >= 4 is 35.3 Å². The van der Waals surface area contributed by atoms with Crippen molar-refractivity contribution in [1.82, 2.24) is 0 Å².